The van der Waals surface area contributed by atoms with Crippen LogP contribution >= 0.6 is 0 Å². The third-order valence-corrected chi connectivity index (χ3v) is 4.74. The number of hydrogen-bond acceptors (Lipinski definition) is 2. The largest absolute Gasteiger partial charge is 0.342 e. The van der Waals surface area contributed by atoms with Crippen LogP contribution in [0.15, 0.2) is 0 Å². The maximum absolute atomic E-state index is 12.6. The van der Waals surface area contributed by atoms with Crippen molar-refractivity contribution in [3.8, 4) is 0 Å². The molecule has 1 fully saturated rings. The first-order chi connectivity index (χ1) is 9.34. The van der Waals surface area contributed by atoms with E-state index in [0.29, 0.717) is 24.2 Å². The fourth-order valence-electron chi connectivity index (χ4n) is 2.66. The molecule has 0 aromatic carbocycles. The van der Waals surface area contributed by atoms with Gasteiger partial charge in [-0.25, -0.2) is 0 Å². The summed E-state index contributed by atoms with van der Waals surface area (Å²) < 4.78 is 0. The Morgan fingerprint density at radius 2 is 1.90 bits per heavy atom. The predicted molar refractivity (Wildman–Crippen MR) is 85.7 cm³/mol. The van der Waals surface area contributed by atoms with Crippen molar-refractivity contribution in [1.29, 1.82) is 0 Å². The van der Waals surface area contributed by atoms with Crippen molar-refractivity contribution in [3.63, 3.8) is 0 Å². The van der Waals surface area contributed by atoms with Gasteiger partial charge in [0.2, 0.25) is 5.91 Å². The highest BCUT2D eigenvalue weighted by Crippen LogP contribution is 2.28. The minimum absolute atomic E-state index is 0.211. The average Bonchev–Trinajstić information content (AvgIpc) is 2.38. The number of nitrogens with zero attached hydrogens (tertiary/aromatic N) is 1. The van der Waals surface area contributed by atoms with Crippen LogP contribution in [0.4, 0.5) is 0 Å². The molecule has 1 atom stereocenters. The van der Waals surface area contributed by atoms with Gasteiger partial charge in [-0.2, -0.15) is 0 Å². The SMILES string of the molecule is CCCN(CC1CCNCC1)C(=O)CC(C)C(C)(C)C. The van der Waals surface area contributed by atoms with Gasteiger partial charge in [0.15, 0.2) is 0 Å². The molecule has 1 amide bonds. The molecule has 0 aromatic heterocycles. The highest BCUT2D eigenvalue weighted by Gasteiger charge is 2.26. The zero-order chi connectivity index (χ0) is 15.2. The third-order valence-electron chi connectivity index (χ3n) is 4.74. The van der Waals surface area contributed by atoms with E-state index in [0.717, 1.165) is 32.6 Å². The van der Waals surface area contributed by atoms with E-state index in [1.54, 1.807) is 0 Å². The second kappa shape index (κ2) is 8.02. The minimum Gasteiger partial charge on any atom is -0.342 e. The van der Waals surface area contributed by atoms with Crippen molar-refractivity contribution in [3.05, 3.63) is 0 Å². The normalized spacial score (nSPS) is 18.9. The number of amides is 1. The summed E-state index contributed by atoms with van der Waals surface area (Å²) in [5.74, 6) is 1.48. The van der Waals surface area contributed by atoms with Gasteiger partial charge in [-0.05, 0) is 49.6 Å². The topological polar surface area (TPSA) is 32.3 Å². The first-order valence-electron chi connectivity index (χ1n) is 8.33. The fraction of sp³-hybridized carbons (Fsp3) is 0.941. The van der Waals surface area contributed by atoms with Crippen LogP contribution in [0.2, 0.25) is 0 Å². The summed E-state index contributed by atoms with van der Waals surface area (Å²) >= 11 is 0. The molecule has 118 valence electrons. The van der Waals surface area contributed by atoms with Crippen LogP contribution in [0.25, 0.3) is 0 Å². The van der Waals surface area contributed by atoms with Crippen LogP contribution in [0.5, 0.6) is 0 Å². The Labute approximate surface area is 125 Å². The molecule has 0 aromatic rings. The molecule has 0 saturated carbocycles. The van der Waals surface area contributed by atoms with Crippen LogP contribution < -0.4 is 5.32 Å². The first-order valence-corrected chi connectivity index (χ1v) is 8.33. The molecule has 1 N–H and O–H groups in total. The van der Waals surface area contributed by atoms with Crippen molar-refractivity contribution in [2.75, 3.05) is 26.2 Å². The van der Waals surface area contributed by atoms with Gasteiger partial charge < -0.3 is 10.2 Å². The van der Waals surface area contributed by atoms with E-state index in [1.807, 2.05) is 0 Å². The maximum atomic E-state index is 12.6. The van der Waals surface area contributed by atoms with Crippen LogP contribution in [0.1, 0.15) is 60.3 Å². The maximum Gasteiger partial charge on any atom is 0.222 e. The fourth-order valence-corrected chi connectivity index (χ4v) is 2.66. The lowest BCUT2D eigenvalue weighted by Gasteiger charge is -2.33. The molecule has 1 aliphatic heterocycles. The van der Waals surface area contributed by atoms with Crippen molar-refractivity contribution in [2.24, 2.45) is 17.3 Å². The number of hydrogen-bond donors (Lipinski definition) is 1. The summed E-state index contributed by atoms with van der Waals surface area (Å²) in [5.41, 5.74) is 0.211. The van der Waals surface area contributed by atoms with E-state index in [9.17, 15) is 4.79 Å². The van der Waals surface area contributed by atoms with E-state index in [2.05, 4.69) is 44.8 Å². The van der Waals surface area contributed by atoms with E-state index >= 15 is 0 Å². The molecule has 0 aliphatic carbocycles. The second-order valence-electron chi connectivity index (χ2n) is 7.50. The summed E-state index contributed by atoms with van der Waals surface area (Å²) in [7, 11) is 0. The van der Waals surface area contributed by atoms with Gasteiger partial charge in [0.1, 0.15) is 0 Å². The molecule has 3 heteroatoms. The van der Waals surface area contributed by atoms with Gasteiger partial charge >= 0.3 is 0 Å². The summed E-state index contributed by atoms with van der Waals surface area (Å²) in [4.78, 5) is 14.7. The lowest BCUT2D eigenvalue weighted by Crippen LogP contribution is -2.40. The van der Waals surface area contributed by atoms with Crippen molar-refractivity contribution in [1.82, 2.24) is 10.2 Å². The van der Waals surface area contributed by atoms with E-state index < -0.39 is 0 Å². The molecular formula is C17H34N2O. The summed E-state index contributed by atoms with van der Waals surface area (Å²) in [5, 5.41) is 3.40. The van der Waals surface area contributed by atoms with Crippen LogP contribution in [-0.4, -0.2) is 37.0 Å². The van der Waals surface area contributed by atoms with Gasteiger partial charge in [-0.3, -0.25) is 4.79 Å². The zero-order valence-electron chi connectivity index (χ0n) is 14.2. The molecule has 0 spiro atoms. The Hall–Kier alpha value is -0.570. The highest BCUT2D eigenvalue weighted by atomic mass is 16.2. The average molecular weight is 282 g/mol. The Morgan fingerprint density at radius 1 is 1.30 bits per heavy atom. The van der Waals surface area contributed by atoms with Crippen LogP contribution in [-0.2, 0) is 4.79 Å². The predicted octanol–water partition coefficient (Wildman–Crippen LogP) is 3.30. The summed E-state index contributed by atoms with van der Waals surface area (Å²) in [6.07, 6.45) is 4.17. The monoisotopic (exact) mass is 282 g/mol. The molecule has 1 aliphatic rings. The molecule has 1 saturated heterocycles. The lowest BCUT2D eigenvalue weighted by molar-refractivity contribution is -0.133. The lowest BCUT2D eigenvalue weighted by atomic mass is 9.80. The van der Waals surface area contributed by atoms with Crippen molar-refractivity contribution in [2.45, 2.75) is 60.3 Å². The summed E-state index contributed by atoms with van der Waals surface area (Å²) in [6.45, 7) is 15.1. The Balaban J connectivity index is 2.53. The third kappa shape index (κ3) is 5.82. The van der Waals surface area contributed by atoms with Crippen molar-refractivity contribution < 1.29 is 4.79 Å². The number of carbonyl (C=O) groups excluding carboxylic acids is 1. The van der Waals surface area contributed by atoms with E-state index in [4.69, 9.17) is 0 Å². The summed E-state index contributed by atoms with van der Waals surface area (Å²) in [6, 6.07) is 0. The Bertz CT molecular complexity index is 290. The Kier molecular flexibility index (Phi) is 7.01. The molecule has 0 radical (unpaired) electrons. The molecule has 1 rings (SSSR count). The standard InChI is InChI=1S/C17H34N2O/c1-6-11-19(13-15-7-9-18-10-8-15)16(20)12-14(2)17(3,4)5/h14-15,18H,6-13H2,1-5H3. The quantitative estimate of drug-likeness (QED) is 0.810. The van der Waals surface area contributed by atoms with Crippen molar-refractivity contribution >= 4 is 5.91 Å². The number of carbonyl (C=O) groups is 1. The van der Waals surface area contributed by atoms with E-state index in [1.165, 1.54) is 12.8 Å². The van der Waals surface area contributed by atoms with Gasteiger partial charge in [0.25, 0.3) is 0 Å². The minimum atomic E-state index is 0.211. The molecule has 0 bridgehead atoms. The van der Waals surface area contributed by atoms with Crippen LogP contribution in [0, 0.1) is 17.3 Å². The highest BCUT2D eigenvalue weighted by molar-refractivity contribution is 5.76. The Morgan fingerprint density at radius 3 is 2.40 bits per heavy atom. The first kappa shape index (κ1) is 17.5. The van der Waals surface area contributed by atoms with Gasteiger partial charge in [0.05, 0.1) is 0 Å². The smallest absolute Gasteiger partial charge is 0.222 e. The molecule has 3 nitrogen and oxygen atoms in total. The van der Waals surface area contributed by atoms with E-state index in [-0.39, 0.29) is 5.41 Å². The zero-order valence-corrected chi connectivity index (χ0v) is 14.2. The molecule has 1 unspecified atom stereocenters. The molecular weight excluding hydrogens is 248 g/mol. The number of piperidine rings is 1. The van der Waals surface area contributed by atoms with Gasteiger partial charge in [-0.1, -0.05) is 34.6 Å². The molecule has 20 heavy (non-hydrogen) atoms. The van der Waals surface area contributed by atoms with Gasteiger partial charge in [0, 0.05) is 19.5 Å². The second-order valence-corrected chi connectivity index (χ2v) is 7.50. The van der Waals surface area contributed by atoms with Crippen LogP contribution in [0.3, 0.4) is 0 Å². The number of rotatable bonds is 6. The molecule has 1 heterocycles. The number of nitrogens with one attached hydrogen (secondary N) is 1. The van der Waals surface area contributed by atoms with Gasteiger partial charge in [-0.15, -0.1) is 0 Å².